The molecule has 3 N–H and O–H groups in total. The molecule has 588 valence electrons. The van der Waals surface area contributed by atoms with Crippen molar-refractivity contribution in [2.75, 3.05) is 39.6 Å². The Labute approximate surface area is 611 Å². The van der Waals surface area contributed by atoms with E-state index in [9.17, 15) is 43.2 Å². The highest BCUT2D eigenvalue weighted by molar-refractivity contribution is 7.47. The first-order valence-corrected chi connectivity index (χ1v) is 44.2. The highest BCUT2D eigenvalue weighted by atomic mass is 31.2. The van der Waals surface area contributed by atoms with Crippen molar-refractivity contribution >= 4 is 39.5 Å². The van der Waals surface area contributed by atoms with E-state index in [0.717, 1.165) is 128 Å². The third kappa shape index (κ3) is 73.6. The van der Waals surface area contributed by atoms with Gasteiger partial charge in [-0.1, -0.05) is 327 Å². The first-order valence-electron chi connectivity index (χ1n) is 41.2. The lowest BCUT2D eigenvalue weighted by Crippen LogP contribution is -2.30. The van der Waals surface area contributed by atoms with E-state index >= 15 is 0 Å². The van der Waals surface area contributed by atoms with Crippen LogP contribution in [0.2, 0.25) is 0 Å². The van der Waals surface area contributed by atoms with E-state index in [-0.39, 0.29) is 25.7 Å². The van der Waals surface area contributed by atoms with Crippen LogP contribution >= 0.6 is 15.6 Å². The number of aliphatic hydroxyl groups excluding tert-OH is 1. The fourth-order valence-electron chi connectivity index (χ4n) is 11.8. The summed E-state index contributed by atoms with van der Waals surface area (Å²) in [4.78, 5) is 73.0. The summed E-state index contributed by atoms with van der Waals surface area (Å²) in [7, 11) is -9.94. The van der Waals surface area contributed by atoms with Crippen molar-refractivity contribution in [1.82, 2.24) is 0 Å². The standard InChI is InChI=1S/C81H152O17P2/c1-5-9-13-17-21-25-29-33-37-41-45-49-53-57-61-65-78(83)91-71-76(97-80(85)67-63-59-55-51-47-43-39-35-31-27-23-19-15-11-7-3)73-95-99(87,88)93-69-75(82)70-94-100(89,90)96-74-77(98-81(86)68-64-60-56-52-48-44-40-36-32-28-24-20-16-12-8-4)72-92-79(84)66-62-58-54-50-46-42-38-34-30-26-22-18-14-10-6-2/h21,25,33,35,37,39,75-77,82H,5-20,22-24,26-32,34,36,38,40-74H2,1-4H3,(H,87,88)(H,89,90)/b25-21-,37-33-,39-35-. The molecular weight excluding hydrogens is 1310 g/mol. The number of hydrogen-bond acceptors (Lipinski definition) is 15. The van der Waals surface area contributed by atoms with E-state index in [0.29, 0.717) is 25.7 Å². The van der Waals surface area contributed by atoms with Crippen LogP contribution in [0.4, 0.5) is 0 Å². The quantitative estimate of drug-likeness (QED) is 0.0169. The molecule has 0 aliphatic rings. The third-order valence-electron chi connectivity index (χ3n) is 18.1. The number of unbranched alkanes of at least 4 members (excludes halogenated alkanes) is 47. The number of rotatable bonds is 79. The topological polar surface area (TPSA) is 237 Å². The van der Waals surface area contributed by atoms with Gasteiger partial charge >= 0.3 is 39.5 Å². The van der Waals surface area contributed by atoms with E-state index < -0.39 is 97.5 Å². The molecule has 0 aromatic rings. The number of esters is 4. The van der Waals surface area contributed by atoms with Gasteiger partial charge in [0.2, 0.25) is 0 Å². The predicted molar refractivity (Wildman–Crippen MR) is 409 cm³/mol. The molecule has 0 saturated heterocycles. The number of hydrogen-bond donors (Lipinski definition) is 3. The summed E-state index contributed by atoms with van der Waals surface area (Å²) < 4.78 is 68.7. The summed E-state index contributed by atoms with van der Waals surface area (Å²) in [6.07, 6.45) is 71.1. The molecule has 0 aromatic carbocycles. The van der Waals surface area contributed by atoms with E-state index in [1.54, 1.807) is 0 Å². The van der Waals surface area contributed by atoms with Crippen molar-refractivity contribution in [3.63, 3.8) is 0 Å². The maximum absolute atomic E-state index is 13.1. The summed E-state index contributed by atoms with van der Waals surface area (Å²) >= 11 is 0. The van der Waals surface area contributed by atoms with Gasteiger partial charge in [0.1, 0.15) is 19.3 Å². The van der Waals surface area contributed by atoms with E-state index in [1.165, 1.54) is 193 Å². The molecule has 0 aliphatic heterocycles. The van der Waals surface area contributed by atoms with Gasteiger partial charge in [-0.25, -0.2) is 9.13 Å². The highest BCUT2D eigenvalue weighted by Crippen LogP contribution is 2.45. The summed E-state index contributed by atoms with van der Waals surface area (Å²) in [5.41, 5.74) is 0. The van der Waals surface area contributed by atoms with Crippen molar-refractivity contribution in [1.29, 1.82) is 0 Å². The lowest BCUT2D eigenvalue weighted by molar-refractivity contribution is -0.161. The molecule has 0 fully saturated rings. The molecular formula is C81H152O17P2. The minimum atomic E-state index is -4.97. The molecule has 19 heteroatoms. The van der Waals surface area contributed by atoms with Gasteiger partial charge in [0.15, 0.2) is 12.2 Å². The first kappa shape index (κ1) is 97.3. The SMILES string of the molecule is CCCCC/C=C\C/C=C\CCCCCCCC(=O)OCC(COP(=O)(O)OCC(O)COP(=O)(O)OCC(COC(=O)CCCCCCCCCCCCCCCCC)OC(=O)CCCCCCCCCCCCCCCCC)OC(=O)CCCCCCC/C=C\CCCCCCCC. The molecule has 5 unspecified atom stereocenters. The van der Waals surface area contributed by atoms with Gasteiger partial charge in [0.05, 0.1) is 26.4 Å². The van der Waals surface area contributed by atoms with Gasteiger partial charge in [-0.3, -0.25) is 37.3 Å². The Hall–Kier alpha value is -2.72. The molecule has 0 aliphatic carbocycles. The highest BCUT2D eigenvalue weighted by Gasteiger charge is 2.30. The maximum Gasteiger partial charge on any atom is 0.472 e. The molecule has 0 aromatic heterocycles. The number of aliphatic hydroxyl groups is 1. The fraction of sp³-hybridized carbons (Fsp3) is 0.877. The fourth-order valence-corrected chi connectivity index (χ4v) is 13.4. The Balaban J connectivity index is 5.32. The smallest absolute Gasteiger partial charge is 0.462 e. The normalized spacial score (nSPS) is 14.0. The van der Waals surface area contributed by atoms with E-state index in [2.05, 4.69) is 64.2 Å². The van der Waals surface area contributed by atoms with Crippen molar-refractivity contribution in [2.45, 2.75) is 418 Å². The van der Waals surface area contributed by atoms with E-state index in [1.807, 2.05) is 0 Å². The van der Waals surface area contributed by atoms with Gasteiger partial charge in [-0.15, -0.1) is 0 Å². The summed E-state index contributed by atoms with van der Waals surface area (Å²) in [5, 5.41) is 10.6. The molecule has 0 heterocycles. The molecule has 5 atom stereocenters. The number of carbonyl (C=O) groups excluding carboxylic acids is 4. The second-order valence-electron chi connectivity index (χ2n) is 28.1. The van der Waals surface area contributed by atoms with Crippen molar-refractivity contribution in [2.24, 2.45) is 0 Å². The summed E-state index contributed by atoms with van der Waals surface area (Å²) in [5.74, 6) is -2.15. The zero-order valence-electron chi connectivity index (χ0n) is 64.4. The van der Waals surface area contributed by atoms with Gasteiger partial charge in [-0.2, -0.15) is 0 Å². The molecule has 0 rings (SSSR count). The zero-order chi connectivity index (χ0) is 73.2. The van der Waals surface area contributed by atoms with Crippen molar-refractivity contribution < 1.29 is 80.2 Å². The Morgan fingerprint density at radius 2 is 0.490 bits per heavy atom. The number of phosphoric ester groups is 2. The lowest BCUT2D eigenvalue weighted by atomic mass is 10.0. The molecule has 100 heavy (non-hydrogen) atoms. The molecule has 17 nitrogen and oxygen atoms in total. The number of phosphoric acid groups is 2. The molecule has 0 saturated carbocycles. The third-order valence-corrected chi connectivity index (χ3v) is 20.0. The molecule has 0 radical (unpaired) electrons. The largest absolute Gasteiger partial charge is 0.472 e. The number of carbonyl (C=O) groups is 4. The van der Waals surface area contributed by atoms with Crippen LogP contribution in [0.5, 0.6) is 0 Å². The van der Waals surface area contributed by atoms with Crippen LogP contribution < -0.4 is 0 Å². The summed E-state index contributed by atoms with van der Waals surface area (Å²) in [6, 6.07) is 0. The van der Waals surface area contributed by atoms with Gasteiger partial charge < -0.3 is 33.8 Å². The Kier molecular flexibility index (Phi) is 72.5. The van der Waals surface area contributed by atoms with Gasteiger partial charge in [0, 0.05) is 25.7 Å². The van der Waals surface area contributed by atoms with Crippen LogP contribution in [0.25, 0.3) is 0 Å². The minimum Gasteiger partial charge on any atom is -0.462 e. The van der Waals surface area contributed by atoms with Crippen molar-refractivity contribution in [3.05, 3.63) is 36.5 Å². The average Bonchev–Trinajstić information content (AvgIpc) is 1.01. The second-order valence-corrected chi connectivity index (χ2v) is 31.0. The molecule has 0 spiro atoms. The Morgan fingerprint density at radius 1 is 0.280 bits per heavy atom. The van der Waals surface area contributed by atoms with Gasteiger partial charge in [0.25, 0.3) is 0 Å². The average molecular weight is 1460 g/mol. The summed E-state index contributed by atoms with van der Waals surface area (Å²) in [6.45, 7) is 4.93. The minimum absolute atomic E-state index is 0.0882. The van der Waals surface area contributed by atoms with Crippen LogP contribution in [0.3, 0.4) is 0 Å². The number of allylic oxidation sites excluding steroid dienone is 6. The maximum atomic E-state index is 13.1. The lowest BCUT2D eigenvalue weighted by Gasteiger charge is -2.21. The van der Waals surface area contributed by atoms with Crippen LogP contribution in [0, 0.1) is 0 Å². The first-order chi connectivity index (χ1) is 48.7. The second kappa shape index (κ2) is 74.5. The molecule has 0 bridgehead atoms. The van der Waals surface area contributed by atoms with Crippen LogP contribution in [-0.4, -0.2) is 96.7 Å². The number of ether oxygens (including phenoxy) is 4. The van der Waals surface area contributed by atoms with Crippen LogP contribution in [0.15, 0.2) is 36.5 Å². The predicted octanol–water partition coefficient (Wildman–Crippen LogP) is 23.9. The Morgan fingerprint density at radius 3 is 0.770 bits per heavy atom. The van der Waals surface area contributed by atoms with Crippen LogP contribution in [0.1, 0.15) is 400 Å². The molecule has 0 amide bonds. The van der Waals surface area contributed by atoms with Crippen molar-refractivity contribution in [3.8, 4) is 0 Å². The van der Waals surface area contributed by atoms with Crippen LogP contribution in [-0.2, 0) is 65.4 Å². The van der Waals surface area contributed by atoms with Gasteiger partial charge in [-0.05, 0) is 83.5 Å². The Bertz CT molecular complexity index is 2040. The zero-order valence-corrected chi connectivity index (χ0v) is 66.2. The van der Waals surface area contributed by atoms with E-state index in [4.69, 9.17) is 37.0 Å². The monoisotopic (exact) mass is 1460 g/mol.